The maximum Gasteiger partial charge on any atom is 0.586 e. The summed E-state index contributed by atoms with van der Waals surface area (Å²) in [7, 11) is 0. The normalized spacial score (nSPS) is 14.7. The van der Waals surface area contributed by atoms with E-state index in [-0.39, 0.29) is 28.4 Å². The predicted molar refractivity (Wildman–Crippen MR) is 79.4 cm³/mol. The summed E-state index contributed by atoms with van der Waals surface area (Å²) in [5, 5.41) is 10.1. The van der Waals surface area contributed by atoms with Crippen LogP contribution >= 0.6 is 0 Å². The number of aromatic hydroxyl groups is 1. The number of hydrogen-bond donors (Lipinski definition) is 1. The van der Waals surface area contributed by atoms with E-state index in [9.17, 15) is 23.1 Å². The minimum absolute atomic E-state index is 0.0547. The molecule has 4 rings (SSSR count). The van der Waals surface area contributed by atoms with Crippen molar-refractivity contribution in [3.63, 3.8) is 0 Å². The standard InChI is InChI=1S/C17H8F3NO4/c18-10-1-2-13(22)11(5-10)16(23)9-3-8-4-14-15(6-12(8)21-7-9)25-17(19,20)24-14/h1-7,22H. The van der Waals surface area contributed by atoms with Gasteiger partial charge in [0.05, 0.1) is 11.1 Å². The highest BCUT2D eigenvalue weighted by molar-refractivity contribution is 6.11. The van der Waals surface area contributed by atoms with Crippen LogP contribution in [0.4, 0.5) is 13.2 Å². The number of phenolic OH excluding ortho intramolecular Hbond substituents is 1. The van der Waals surface area contributed by atoms with Crippen LogP contribution in [0, 0.1) is 5.82 Å². The molecule has 0 saturated carbocycles. The number of hydrogen-bond acceptors (Lipinski definition) is 5. The Morgan fingerprint density at radius 3 is 2.56 bits per heavy atom. The van der Waals surface area contributed by atoms with Crippen LogP contribution < -0.4 is 9.47 Å². The zero-order valence-electron chi connectivity index (χ0n) is 12.3. The summed E-state index contributed by atoms with van der Waals surface area (Å²) in [4.78, 5) is 16.5. The van der Waals surface area contributed by atoms with Crippen LogP contribution in [0.2, 0.25) is 0 Å². The van der Waals surface area contributed by atoms with E-state index in [1.165, 1.54) is 24.4 Å². The Labute approximate surface area is 138 Å². The highest BCUT2D eigenvalue weighted by atomic mass is 19.3. The van der Waals surface area contributed by atoms with E-state index >= 15 is 0 Å². The first-order valence-electron chi connectivity index (χ1n) is 7.05. The van der Waals surface area contributed by atoms with Gasteiger partial charge in [-0.1, -0.05) is 0 Å². The molecule has 1 N–H and O–H groups in total. The van der Waals surface area contributed by atoms with E-state index in [0.29, 0.717) is 10.9 Å². The van der Waals surface area contributed by atoms with Crippen molar-refractivity contribution in [2.24, 2.45) is 0 Å². The fraction of sp³-hybridized carbons (Fsp3) is 0.0588. The van der Waals surface area contributed by atoms with E-state index < -0.39 is 17.9 Å². The number of carbonyl (C=O) groups excluding carboxylic acids is 1. The molecular formula is C17H8F3NO4. The number of benzene rings is 2. The number of nitrogens with zero attached hydrogens (tertiary/aromatic N) is 1. The van der Waals surface area contributed by atoms with E-state index in [0.717, 1.165) is 18.2 Å². The van der Waals surface area contributed by atoms with Gasteiger partial charge in [0.1, 0.15) is 11.6 Å². The third kappa shape index (κ3) is 2.61. The molecule has 0 saturated heterocycles. The van der Waals surface area contributed by atoms with Gasteiger partial charge in [-0.15, -0.1) is 8.78 Å². The van der Waals surface area contributed by atoms with Gasteiger partial charge in [0.15, 0.2) is 17.3 Å². The molecule has 2 aromatic carbocycles. The van der Waals surface area contributed by atoms with Gasteiger partial charge in [0, 0.05) is 23.2 Å². The van der Waals surface area contributed by atoms with Crippen LogP contribution in [0.3, 0.4) is 0 Å². The van der Waals surface area contributed by atoms with E-state index in [4.69, 9.17) is 0 Å². The summed E-state index contributed by atoms with van der Waals surface area (Å²) in [5.74, 6) is -2.06. The average molecular weight is 347 g/mol. The molecule has 1 aromatic heterocycles. The highest BCUT2D eigenvalue weighted by Gasteiger charge is 2.43. The number of ether oxygens (including phenoxy) is 2. The van der Waals surface area contributed by atoms with Crippen molar-refractivity contribution in [1.29, 1.82) is 0 Å². The molecule has 0 fully saturated rings. The lowest BCUT2D eigenvalue weighted by molar-refractivity contribution is -0.286. The highest BCUT2D eigenvalue weighted by Crippen LogP contribution is 2.43. The molecule has 1 aliphatic rings. The Balaban J connectivity index is 1.78. The molecule has 0 amide bonds. The number of halogens is 3. The monoisotopic (exact) mass is 347 g/mol. The third-order valence-electron chi connectivity index (χ3n) is 3.67. The Morgan fingerprint density at radius 1 is 1.08 bits per heavy atom. The van der Waals surface area contributed by atoms with Gasteiger partial charge in [-0.2, -0.15) is 0 Å². The summed E-state index contributed by atoms with van der Waals surface area (Å²) in [6.07, 6.45) is -2.55. The number of alkyl halides is 2. The Hall–Kier alpha value is -3.29. The van der Waals surface area contributed by atoms with Gasteiger partial charge >= 0.3 is 6.29 Å². The second kappa shape index (κ2) is 5.10. The molecule has 8 heteroatoms. The first kappa shape index (κ1) is 15.3. The summed E-state index contributed by atoms with van der Waals surface area (Å²) in [6, 6.07) is 6.90. The molecular weight excluding hydrogens is 339 g/mol. The molecule has 1 aliphatic heterocycles. The average Bonchev–Trinajstić information content (AvgIpc) is 2.86. The largest absolute Gasteiger partial charge is 0.586 e. The molecule has 0 atom stereocenters. The molecule has 2 heterocycles. The first-order chi connectivity index (χ1) is 11.8. The van der Waals surface area contributed by atoms with Gasteiger partial charge < -0.3 is 14.6 Å². The van der Waals surface area contributed by atoms with E-state index in [2.05, 4.69) is 14.5 Å². The van der Waals surface area contributed by atoms with Crippen molar-refractivity contribution in [2.75, 3.05) is 0 Å². The number of aromatic nitrogens is 1. The third-order valence-corrected chi connectivity index (χ3v) is 3.67. The molecule has 25 heavy (non-hydrogen) atoms. The quantitative estimate of drug-likeness (QED) is 0.717. The second-order valence-corrected chi connectivity index (χ2v) is 5.37. The fourth-order valence-electron chi connectivity index (χ4n) is 2.54. The van der Waals surface area contributed by atoms with Crippen LogP contribution in [-0.2, 0) is 0 Å². The maximum atomic E-state index is 13.3. The number of phenols is 1. The lowest BCUT2D eigenvalue weighted by Crippen LogP contribution is -2.25. The predicted octanol–water partition coefficient (Wildman–Crippen LogP) is 3.63. The molecule has 126 valence electrons. The Bertz CT molecular complexity index is 1040. The molecule has 0 aliphatic carbocycles. The number of ketones is 1. The van der Waals surface area contributed by atoms with Crippen molar-refractivity contribution in [1.82, 2.24) is 4.98 Å². The number of fused-ring (bicyclic) bond motifs is 2. The molecule has 3 aromatic rings. The smallest absolute Gasteiger partial charge is 0.507 e. The van der Waals surface area contributed by atoms with Gasteiger partial charge in [0.25, 0.3) is 0 Å². The maximum absolute atomic E-state index is 13.3. The van der Waals surface area contributed by atoms with Crippen molar-refractivity contribution in [3.8, 4) is 17.2 Å². The second-order valence-electron chi connectivity index (χ2n) is 5.37. The summed E-state index contributed by atoms with van der Waals surface area (Å²) < 4.78 is 48.3. The number of carbonyl (C=O) groups is 1. The van der Waals surface area contributed by atoms with Gasteiger partial charge in [-0.25, -0.2) is 4.39 Å². The topological polar surface area (TPSA) is 68.7 Å². The van der Waals surface area contributed by atoms with E-state index in [1.54, 1.807) is 0 Å². The van der Waals surface area contributed by atoms with Crippen LogP contribution in [0.25, 0.3) is 10.9 Å². The molecule has 0 bridgehead atoms. The first-order valence-corrected chi connectivity index (χ1v) is 7.05. The van der Waals surface area contributed by atoms with E-state index in [1.807, 2.05) is 0 Å². The van der Waals surface area contributed by atoms with Crippen molar-refractivity contribution < 1.29 is 32.5 Å². The Morgan fingerprint density at radius 2 is 1.80 bits per heavy atom. The number of rotatable bonds is 2. The lowest BCUT2D eigenvalue weighted by atomic mass is 10.0. The SMILES string of the molecule is O=C(c1cnc2cc3c(cc2c1)OC(F)(F)O3)c1cc(F)ccc1O. The van der Waals surface area contributed by atoms with Gasteiger partial charge in [0.2, 0.25) is 0 Å². The zero-order chi connectivity index (χ0) is 17.8. The minimum atomic E-state index is -3.76. The Kier molecular flexibility index (Phi) is 3.11. The van der Waals surface area contributed by atoms with Gasteiger partial charge in [-0.3, -0.25) is 9.78 Å². The van der Waals surface area contributed by atoms with Crippen LogP contribution in [0.5, 0.6) is 17.2 Å². The number of pyridine rings is 1. The van der Waals surface area contributed by atoms with Crippen molar-refractivity contribution in [3.05, 3.63) is 59.5 Å². The molecule has 5 nitrogen and oxygen atoms in total. The van der Waals surface area contributed by atoms with Crippen LogP contribution in [0.1, 0.15) is 15.9 Å². The van der Waals surface area contributed by atoms with Crippen molar-refractivity contribution >= 4 is 16.7 Å². The lowest BCUT2D eigenvalue weighted by Gasteiger charge is -2.06. The fourth-order valence-corrected chi connectivity index (χ4v) is 2.54. The minimum Gasteiger partial charge on any atom is -0.507 e. The summed E-state index contributed by atoms with van der Waals surface area (Å²) >= 11 is 0. The zero-order valence-corrected chi connectivity index (χ0v) is 12.3. The summed E-state index contributed by atoms with van der Waals surface area (Å²) in [5.41, 5.74) is 0.132. The van der Waals surface area contributed by atoms with Crippen LogP contribution in [-0.4, -0.2) is 22.2 Å². The van der Waals surface area contributed by atoms with Gasteiger partial charge in [-0.05, 0) is 30.3 Å². The molecule has 0 radical (unpaired) electrons. The molecule has 0 unspecified atom stereocenters. The molecule has 0 spiro atoms. The van der Waals surface area contributed by atoms with Crippen LogP contribution in [0.15, 0.2) is 42.6 Å². The summed E-state index contributed by atoms with van der Waals surface area (Å²) in [6.45, 7) is 0. The van der Waals surface area contributed by atoms with Crippen molar-refractivity contribution in [2.45, 2.75) is 6.29 Å².